The summed E-state index contributed by atoms with van der Waals surface area (Å²) in [5.41, 5.74) is 0.575. The van der Waals surface area contributed by atoms with Crippen LogP contribution in [0.1, 0.15) is 36.5 Å². The Morgan fingerprint density at radius 3 is 2.44 bits per heavy atom. The molecule has 1 unspecified atom stereocenters. The molecule has 0 aromatic heterocycles. The molecule has 2 aromatic carbocycles. The molecule has 0 saturated heterocycles. The lowest BCUT2D eigenvalue weighted by molar-refractivity contribution is -0.121. The molecule has 6 heteroatoms. The van der Waals surface area contributed by atoms with Crippen LogP contribution < -0.4 is 15.4 Å². The molecule has 2 rings (SSSR count). The van der Waals surface area contributed by atoms with Crippen molar-refractivity contribution in [1.82, 2.24) is 10.6 Å². The van der Waals surface area contributed by atoms with E-state index in [9.17, 15) is 14.0 Å². The normalized spacial score (nSPS) is 11.5. The number of nitrogens with one attached hydrogen (secondary N) is 2. The van der Waals surface area contributed by atoms with Crippen LogP contribution in [-0.4, -0.2) is 31.0 Å². The maximum Gasteiger partial charge on any atom is 0.251 e. The topological polar surface area (TPSA) is 67.4 Å². The highest BCUT2D eigenvalue weighted by Crippen LogP contribution is 2.11. The second-order valence-corrected chi connectivity index (χ2v) is 6.30. The molecule has 27 heavy (non-hydrogen) atoms. The van der Waals surface area contributed by atoms with Crippen LogP contribution in [0.4, 0.5) is 4.39 Å². The van der Waals surface area contributed by atoms with Gasteiger partial charge in [-0.2, -0.15) is 0 Å². The van der Waals surface area contributed by atoms with Crippen molar-refractivity contribution in [2.75, 3.05) is 13.2 Å². The first-order valence-corrected chi connectivity index (χ1v) is 9.05. The van der Waals surface area contributed by atoms with Gasteiger partial charge in [0.1, 0.15) is 11.6 Å². The van der Waals surface area contributed by atoms with Crippen molar-refractivity contribution in [2.24, 2.45) is 0 Å². The Morgan fingerprint density at radius 2 is 1.74 bits per heavy atom. The van der Waals surface area contributed by atoms with Crippen LogP contribution in [-0.2, 0) is 4.79 Å². The molecule has 0 heterocycles. The van der Waals surface area contributed by atoms with Crippen molar-refractivity contribution in [2.45, 2.75) is 32.2 Å². The number of hydrogen-bond acceptors (Lipinski definition) is 3. The van der Waals surface area contributed by atoms with Gasteiger partial charge in [-0.05, 0) is 56.2 Å². The Bertz CT molecular complexity index is 720. The molecule has 0 radical (unpaired) electrons. The highest BCUT2D eigenvalue weighted by molar-refractivity contribution is 5.94. The van der Waals surface area contributed by atoms with E-state index in [1.54, 1.807) is 43.3 Å². The maximum absolute atomic E-state index is 12.8. The minimum atomic E-state index is -0.292. The van der Waals surface area contributed by atoms with Gasteiger partial charge in [-0.25, -0.2) is 4.39 Å². The summed E-state index contributed by atoms with van der Waals surface area (Å²) in [6, 6.07) is 14.5. The molecule has 2 aromatic rings. The molecular weight excluding hydrogens is 347 g/mol. The van der Waals surface area contributed by atoms with Crippen molar-refractivity contribution in [1.29, 1.82) is 0 Å². The number of hydrogen-bond donors (Lipinski definition) is 2. The van der Waals surface area contributed by atoms with Gasteiger partial charge in [0.25, 0.3) is 5.91 Å². The van der Waals surface area contributed by atoms with Gasteiger partial charge in [0.05, 0.1) is 6.61 Å². The maximum atomic E-state index is 12.8. The monoisotopic (exact) mass is 372 g/mol. The van der Waals surface area contributed by atoms with Gasteiger partial charge in [0.2, 0.25) is 5.91 Å². The minimum absolute atomic E-state index is 0.102. The summed E-state index contributed by atoms with van der Waals surface area (Å²) < 4.78 is 18.3. The first-order chi connectivity index (χ1) is 13.0. The van der Waals surface area contributed by atoms with Crippen LogP contribution in [0.25, 0.3) is 0 Å². The highest BCUT2D eigenvalue weighted by atomic mass is 19.1. The van der Waals surface area contributed by atoms with E-state index in [-0.39, 0.29) is 30.1 Å². The molecule has 1 atom stereocenters. The highest BCUT2D eigenvalue weighted by Gasteiger charge is 2.12. The number of carbonyl (C=O) groups excluding carboxylic acids is 2. The van der Waals surface area contributed by atoms with Crippen molar-refractivity contribution < 1.29 is 18.7 Å². The fourth-order valence-corrected chi connectivity index (χ4v) is 2.47. The second-order valence-electron chi connectivity index (χ2n) is 6.30. The molecular formula is C21H25FN2O3. The van der Waals surface area contributed by atoms with E-state index in [0.29, 0.717) is 24.5 Å². The molecule has 0 spiro atoms. The lowest BCUT2D eigenvalue weighted by Gasteiger charge is -2.14. The Morgan fingerprint density at radius 1 is 1.04 bits per heavy atom. The summed E-state index contributed by atoms with van der Waals surface area (Å²) in [4.78, 5) is 24.0. The van der Waals surface area contributed by atoms with Gasteiger partial charge in [-0.3, -0.25) is 9.59 Å². The number of rotatable bonds is 10. The second kappa shape index (κ2) is 11.0. The van der Waals surface area contributed by atoms with E-state index in [0.717, 1.165) is 12.8 Å². The van der Waals surface area contributed by atoms with Crippen molar-refractivity contribution in [3.05, 3.63) is 66.0 Å². The Kier molecular flexibility index (Phi) is 8.29. The molecule has 0 saturated carbocycles. The van der Waals surface area contributed by atoms with Gasteiger partial charge in [0.15, 0.2) is 0 Å². The van der Waals surface area contributed by atoms with Crippen LogP contribution in [0.5, 0.6) is 5.75 Å². The summed E-state index contributed by atoms with van der Waals surface area (Å²) in [6.07, 6.45) is 1.78. The number of halogens is 1. The molecule has 0 aliphatic heterocycles. The molecule has 0 bridgehead atoms. The largest absolute Gasteiger partial charge is 0.494 e. The number of ether oxygens (including phenoxy) is 1. The van der Waals surface area contributed by atoms with Gasteiger partial charge < -0.3 is 15.4 Å². The zero-order valence-corrected chi connectivity index (χ0v) is 15.4. The Hall–Kier alpha value is -2.89. The lowest BCUT2D eigenvalue weighted by Crippen LogP contribution is -2.37. The molecule has 5 nitrogen and oxygen atoms in total. The molecule has 144 valence electrons. The average Bonchev–Trinajstić information content (AvgIpc) is 2.66. The zero-order chi connectivity index (χ0) is 19.5. The number of unbranched alkanes of at least 4 members (excludes halogenated alkanes) is 1. The third-order valence-corrected chi connectivity index (χ3v) is 3.88. The summed E-state index contributed by atoms with van der Waals surface area (Å²) in [6.45, 7) is 2.85. The van der Waals surface area contributed by atoms with Gasteiger partial charge >= 0.3 is 0 Å². The van der Waals surface area contributed by atoms with Crippen LogP contribution in [0.3, 0.4) is 0 Å². The van der Waals surface area contributed by atoms with Crippen LogP contribution in [0, 0.1) is 5.82 Å². The van der Waals surface area contributed by atoms with Crippen LogP contribution >= 0.6 is 0 Å². The summed E-state index contributed by atoms with van der Waals surface area (Å²) in [5, 5.41) is 5.65. The van der Waals surface area contributed by atoms with Crippen LogP contribution in [0.2, 0.25) is 0 Å². The van der Waals surface area contributed by atoms with E-state index in [4.69, 9.17) is 4.74 Å². The fraction of sp³-hybridized carbons (Fsp3) is 0.333. The summed E-state index contributed by atoms with van der Waals surface area (Å²) >= 11 is 0. The van der Waals surface area contributed by atoms with Gasteiger partial charge in [-0.15, -0.1) is 0 Å². The Balaban J connectivity index is 1.55. The average molecular weight is 372 g/mol. The predicted octanol–water partition coefficient (Wildman–Crippen LogP) is 3.31. The van der Waals surface area contributed by atoms with E-state index in [1.165, 1.54) is 12.1 Å². The number of amides is 2. The van der Waals surface area contributed by atoms with E-state index >= 15 is 0 Å². The van der Waals surface area contributed by atoms with E-state index in [1.807, 2.05) is 6.07 Å². The molecule has 0 aliphatic rings. The smallest absolute Gasteiger partial charge is 0.251 e. The van der Waals surface area contributed by atoms with E-state index in [2.05, 4.69) is 10.6 Å². The minimum Gasteiger partial charge on any atom is -0.494 e. The molecule has 2 amide bonds. The predicted molar refractivity (Wildman–Crippen MR) is 102 cm³/mol. The zero-order valence-electron chi connectivity index (χ0n) is 15.4. The molecule has 0 fully saturated rings. The van der Waals surface area contributed by atoms with Gasteiger partial charge in [0, 0.05) is 24.6 Å². The standard InChI is InChI=1S/C21H25FN2O3/c1-16(24-21(26)17-7-3-2-4-8-17)15-20(25)23-13-5-6-14-27-19-11-9-18(22)10-12-19/h2-4,7-12,16H,5-6,13-15H2,1H3,(H,23,25)(H,24,26). The third-order valence-electron chi connectivity index (χ3n) is 3.88. The van der Waals surface area contributed by atoms with Crippen LogP contribution in [0.15, 0.2) is 54.6 Å². The lowest BCUT2D eigenvalue weighted by atomic mass is 10.1. The molecule has 0 aliphatic carbocycles. The fourth-order valence-electron chi connectivity index (χ4n) is 2.47. The first-order valence-electron chi connectivity index (χ1n) is 9.05. The molecule has 2 N–H and O–H groups in total. The Labute approximate surface area is 158 Å². The third kappa shape index (κ3) is 7.90. The summed E-state index contributed by atoms with van der Waals surface area (Å²) in [7, 11) is 0. The first kappa shape index (κ1) is 20.4. The van der Waals surface area contributed by atoms with Gasteiger partial charge in [-0.1, -0.05) is 18.2 Å². The number of carbonyl (C=O) groups is 2. The summed E-state index contributed by atoms with van der Waals surface area (Å²) in [5.74, 6) is 0.0480. The SMILES string of the molecule is CC(CC(=O)NCCCCOc1ccc(F)cc1)NC(=O)c1ccccc1. The number of benzene rings is 2. The van der Waals surface area contributed by atoms with Crippen molar-refractivity contribution in [3.8, 4) is 5.75 Å². The van der Waals surface area contributed by atoms with Crippen molar-refractivity contribution >= 4 is 11.8 Å². The van der Waals surface area contributed by atoms with Crippen molar-refractivity contribution in [3.63, 3.8) is 0 Å². The van der Waals surface area contributed by atoms with E-state index < -0.39 is 0 Å². The quantitative estimate of drug-likeness (QED) is 0.629.